The first-order valence-corrected chi connectivity index (χ1v) is 9.24. The van der Waals surface area contributed by atoms with Gasteiger partial charge in [0.25, 0.3) is 0 Å². The minimum Gasteiger partial charge on any atom is -0.493 e. The molecule has 1 aliphatic heterocycles. The Hall–Kier alpha value is -2.40. The van der Waals surface area contributed by atoms with Gasteiger partial charge in [0.1, 0.15) is 0 Å². The summed E-state index contributed by atoms with van der Waals surface area (Å²) in [6, 6.07) is 10.5. The van der Waals surface area contributed by atoms with Crippen LogP contribution in [-0.2, 0) is 11.2 Å². The standard InChI is InChI=1S/C22H26O5/c1-23-18-6-5-13(8-19(18)24-2)22-16-10-21(26-4)20(25-3)9-14(16)7-15-11-27-12-17(15)22/h5-6,8-10,15,17,22H,7,11-12H2,1-4H3/t15-,17+,22-/m1/s1. The van der Waals surface area contributed by atoms with Crippen LogP contribution in [0, 0.1) is 11.8 Å². The van der Waals surface area contributed by atoms with Crippen LogP contribution in [0.5, 0.6) is 23.0 Å². The molecule has 0 radical (unpaired) electrons. The molecule has 2 aliphatic rings. The van der Waals surface area contributed by atoms with Crippen LogP contribution >= 0.6 is 0 Å². The van der Waals surface area contributed by atoms with Crippen LogP contribution in [0.2, 0.25) is 0 Å². The maximum absolute atomic E-state index is 5.87. The fourth-order valence-corrected chi connectivity index (χ4v) is 4.58. The Balaban J connectivity index is 1.86. The van der Waals surface area contributed by atoms with Crippen LogP contribution in [0.25, 0.3) is 0 Å². The number of methoxy groups -OCH3 is 4. The molecule has 0 saturated carbocycles. The highest BCUT2D eigenvalue weighted by Crippen LogP contribution is 2.50. The topological polar surface area (TPSA) is 46.2 Å². The summed E-state index contributed by atoms with van der Waals surface area (Å²) in [6.45, 7) is 1.58. The van der Waals surface area contributed by atoms with Crippen molar-refractivity contribution in [2.75, 3.05) is 41.7 Å². The molecule has 5 nitrogen and oxygen atoms in total. The van der Waals surface area contributed by atoms with Crippen molar-refractivity contribution in [1.29, 1.82) is 0 Å². The van der Waals surface area contributed by atoms with E-state index in [0.29, 0.717) is 11.8 Å². The maximum atomic E-state index is 5.87. The van der Waals surface area contributed by atoms with Crippen molar-refractivity contribution < 1.29 is 23.7 Å². The third-order valence-electron chi connectivity index (χ3n) is 5.91. The molecule has 5 heteroatoms. The van der Waals surface area contributed by atoms with Crippen molar-refractivity contribution in [2.24, 2.45) is 11.8 Å². The molecule has 1 fully saturated rings. The molecule has 2 aromatic rings. The molecule has 1 saturated heterocycles. The van der Waals surface area contributed by atoms with Crippen molar-refractivity contribution in [2.45, 2.75) is 12.3 Å². The maximum Gasteiger partial charge on any atom is 0.161 e. The highest BCUT2D eigenvalue weighted by molar-refractivity contribution is 5.54. The molecule has 0 spiro atoms. The molecular weight excluding hydrogens is 344 g/mol. The van der Waals surface area contributed by atoms with Gasteiger partial charge in [0.05, 0.1) is 41.7 Å². The van der Waals surface area contributed by atoms with Gasteiger partial charge in [0.15, 0.2) is 23.0 Å². The molecule has 0 N–H and O–H groups in total. The minimum absolute atomic E-state index is 0.223. The van der Waals surface area contributed by atoms with Crippen LogP contribution < -0.4 is 18.9 Å². The molecule has 3 atom stereocenters. The van der Waals surface area contributed by atoms with E-state index >= 15 is 0 Å². The second-order valence-electron chi connectivity index (χ2n) is 7.16. The first-order chi connectivity index (χ1) is 13.2. The Morgan fingerprint density at radius 3 is 2.15 bits per heavy atom. The normalized spacial score (nSPS) is 23.3. The molecule has 27 heavy (non-hydrogen) atoms. The van der Waals surface area contributed by atoms with Crippen molar-refractivity contribution in [3.05, 3.63) is 47.0 Å². The number of rotatable bonds is 5. The zero-order valence-electron chi connectivity index (χ0n) is 16.3. The van der Waals surface area contributed by atoms with Gasteiger partial charge in [-0.1, -0.05) is 6.07 Å². The zero-order chi connectivity index (χ0) is 19.0. The Labute approximate surface area is 160 Å². The molecule has 4 rings (SSSR count). The molecule has 0 bridgehead atoms. The number of benzene rings is 2. The van der Waals surface area contributed by atoms with Gasteiger partial charge < -0.3 is 23.7 Å². The van der Waals surface area contributed by atoms with Gasteiger partial charge in [-0.05, 0) is 59.2 Å². The minimum atomic E-state index is 0.223. The predicted octanol–water partition coefficient (Wildman–Crippen LogP) is 3.67. The largest absolute Gasteiger partial charge is 0.493 e. The predicted molar refractivity (Wildman–Crippen MR) is 102 cm³/mol. The fraction of sp³-hybridized carbons (Fsp3) is 0.455. The SMILES string of the molecule is COc1ccc([C@@H]2c3cc(OC)c(OC)cc3C[C@@H]3COC[C@@H]32)cc1OC. The first kappa shape index (κ1) is 18.0. The lowest BCUT2D eigenvalue weighted by Gasteiger charge is -2.35. The Kier molecular flexibility index (Phi) is 4.87. The zero-order valence-corrected chi connectivity index (χ0v) is 16.3. The smallest absolute Gasteiger partial charge is 0.161 e. The first-order valence-electron chi connectivity index (χ1n) is 9.24. The molecule has 144 valence electrons. The lowest BCUT2D eigenvalue weighted by Crippen LogP contribution is -2.29. The van der Waals surface area contributed by atoms with Gasteiger partial charge in [-0.3, -0.25) is 0 Å². The van der Waals surface area contributed by atoms with Crippen LogP contribution in [0.1, 0.15) is 22.6 Å². The van der Waals surface area contributed by atoms with Gasteiger partial charge in [-0.25, -0.2) is 0 Å². The van der Waals surface area contributed by atoms with Crippen LogP contribution in [-0.4, -0.2) is 41.7 Å². The van der Waals surface area contributed by atoms with E-state index in [-0.39, 0.29) is 5.92 Å². The summed E-state index contributed by atoms with van der Waals surface area (Å²) in [5.74, 6) is 4.20. The summed E-state index contributed by atoms with van der Waals surface area (Å²) in [4.78, 5) is 0. The van der Waals surface area contributed by atoms with Gasteiger partial charge >= 0.3 is 0 Å². The van der Waals surface area contributed by atoms with E-state index in [1.165, 1.54) is 16.7 Å². The van der Waals surface area contributed by atoms with E-state index in [4.69, 9.17) is 23.7 Å². The van der Waals surface area contributed by atoms with E-state index in [0.717, 1.165) is 42.6 Å². The summed E-state index contributed by atoms with van der Waals surface area (Å²) < 4.78 is 27.9. The highest BCUT2D eigenvalue weighted by atomic mass is 16.5. The summed E-state index contributed by atoms with van der Waals surface area (Å²) in [7, 11) is 6.69. The van der Waals surface area contributed by atoms with E-state index in [1.807, 2.05) is 6.07 Å². The average molecular weight is 370 g/mol. The van der Waals surface area contributed by atoms with E-state index in [9.17, 15) is 0 Å². The summed E-state index contributed by atoms with van der Waals surface area (Å²) in [5, 5.41) is 0. The van der Waals surface area contributed by atoms with Crippen LogP contribution in [0.4, 0.5) is 0 Å². The van der Waals surface area contributed by atoms with Crippen LogP contribution in [0.3, 0.4) is 0 Å². The van der Waals surface area contributed by atoms with Gasteiger partial charge in [0.2, 0.25) is 0 Å². The number of fused-ring (bicyclic) bond motifs is 2. The summed E-state index contributed by atoms with van der Waals surface area (Å²) >= 11 is 0. The van der Waals surface area contributed by atoms with Crippen LogP contribution in [0.15, 0.2) is 30.3 Å². The number of hydrogen-bond acceptors (Lipinski definition) is 5. The Morgan fingerprint density at radius 2 is 1.44 bits per heavy atom. The molecular formula is C22H26O5. The van der Waals surface area contributed by atoms with Crippen molar-refractivity contribution in [1.82, 2.24) is 0 Å². The van der Waals surface area contributed by atoms with Crippen molar-refractivity contribution in [3.8, 4) is 23.0 Å². The lowest BCUT2D eigenvalue weighted by molar-refractivity contribution is 0.179. The molecule has 0 amide bonds. The van der Waals surface area contributed by atoms with E-state index < -0.39 is 0 Å². The summed E-state index contributed by atoms with van der Waals surface area (Å²) in [5.41, 5.74) is 3.80. The third kappa shape index (κ3) is 3.00. The van der Waals surface area contributed by atoms with Gasteiger partial charge in [-0.15, -0.1) is 0 Å². The fourth-order valence-electron chi connectivity index (χ4n) is 4.58. The molecule has 0 unspecified atom stereocenters. The van der Waals surface area contributed by atoms with E-state index in [1.54, 1.807) is 28.4 Å². The molecule has 0 aromatic heterocycles. The molecule has 1 aliphatic carbocycles. The second-order valence-corrected chi connectivity index (χ2v) is 7.16. The quantitative estimate of drug-likeness (QED) is 0.804. The lowest BCUT2D eigenvalue weighted by atomic mass is 9.68. The summed E-state index contributed by atoms with van der Waals surface area (Å²) in [6.07, 6.45) is 1.00. The Morgan fingerprint density at radius 1 is 0.778 bits per heavy atom. The van der Waals surface area contributed by atoms with Crippen molar-refractivity contribution >= 4 is 0 Å². The molecule has 2 aromatic carbocycles. The molecule has 1 heterocycles. The second kappa shape index (κ2) is 7.31. The average Bonchev–Trinajstić information content (AvgIpc) is 3.18. The van der Waals surface area contributed by atoms with Crippen molar-refractivity contribution in [3.63, 3.8) is 0 Å². The van der Waals surface area contributed by atoms with Gasteiger partial charge in [-0.2, -0.15) is 0 Å². The number of ether oxygens (including phenoxy) is 5. The number of hydrogen-bond donors (Lipinski definition) is 0. The van der Waals surface area contributed by atoms with Gasteiger partial charge in [0, 0.05) is 5.92 Å². The monoisotopic (exact) mass is 370 g/mol. The Bertz CT molecular complexity index is 832. The van der Waals surface area contributed by atoms with E-state index in [2.05, 4.69) is 24.3 Å². The highest BCUT2D eigenvalue weighted by Gasteiger charge is 2.42. The third-order valence-corrected chi connectivity index (χ3v) is 5.91.